The monoisotopic (exact) mass is 496 g/mol. The minimum atomic E-state index is -1.59. The smallest absolute Gasteiger partial charge is 0.421 e. The van der Waals surface area contributed by atoms with Crippen LogP contribution in [0.2, 0.25) is 0 Å². The fourth-order valence-electron chi connectivity index (χ4n) is 5.39. The number of anilines is 2. The Kier molecular flexibility index (Phi) is 5.74. The van der Waals surface area contributed by atoms with Gasteiger partial charge in [-0.15, -0.1) is 0 Å². The minimum Gasteiger partial charge on any atom is -0.443 e. The van der Waals surface area contributed by atoms with Gasteiger partial charge in [0.15, 0.2) is 0 Å². The molecule has 2 heterocycles. The average Bonchev–Trinajstić information content (AvgIpc) is 3.28. The lowest BCUT2D eigenvalue weighted by Crippen LogP contribution is -2.51. The number of nitrogens with zero attached hydrogens (tertiary/aromatic N) is 2. The number of hydrogen-bond donors (Lipinski definition) is 0. The van der Waals surface area contributed by atoms with E-state index in [4.69, 9.17) is 4.74 Å². The number of ether oxygens (including phenoxy) is 1. The summed E-state index contributed by atoms with van der Waals surface area (Å²) >= 11 is 0. The van der Waals surface area contributed by atoms with Crippen LogP contribution in [0, 0.1) is 12.8 Å². The number of aryl methyl sites for hydroxylation is 1. The predicted molar refractivity (Wildman–Crippen MR) is 139 cm³/mol. The van der Waals surface area contributed by atoms with Gasteiger partial charge in [-0.05, 0) is 57.0 Å². The van der Waals surface area contributed by atoms with E-state index >= 15 is 0 Å². The summed E-state index contributed by atoms with van der Waals surface area (Å²) in [6.45, 7) is 7.06. The fraction of sp³-hybridized carbons (Fsp3) is 0.267. The molecule has 7 heteroatoms. The second-order valence-corrected chi connectivity index (χ2v) is 10.5. The maximum absolute atomic E-state index is 14.5. The maximum Gasteiger partial charge on any atom is 0.421 e. The van der Waals surface area contributed by atoms with E-state index in [0.29, 0.717) is 22.5 Å². The molecule has 0 bridgehead atoms. The van der Waals surface area contributed by atoms with Crippen LogP contribution in [0.25, 0.3) is 0 Å². The van der Waals surface area contributed by atoms with Crippen LogP contribution in [0.4, 0.5) is 16.2 Å². The van der Waals surface area contributed by atoms with Crippen LogP contribution in [0.15, 0.2) is 78.9 Å². The second kappa shape index (κ2) is 8.69. The van der Waals surface area contributed by atoms with Crippen molar-refractivity contribution in [2.45, 2.75) is 45.1 Å². The Morgan fingerprint density at radius 3 is 2.16 bits per heavy atom. The molecule has 1 unspecified atom stereocenters. The molecule has 5 rings (SSSR count). The van der Waals surface area contributed by atoms with Crippen molar-refractivity contribution in [3.8, 4) is 0 Å². The number of fused-ring (bicyclic) bond motifs is 1. The first-order valence-corrected chi connectivity index (χ1v) is 12.2. The van der Waals surface area contributed by atoms with E-state index in [1.165, 1.54) is 0 Å². The van der Waals surface area contributed by atoms with Crippen LogP contribution in [0.5, 0.6) is 0 Å². The highest BCUT2D eigenvalue weighted by molar-refractivity contribution is 6.28. The van der Waals surface area contributed by atoms with Gasteiger partial charge in [0.1, 0.15) is 11.0 Å². The summed E-state index contributed by atoms with van der Waals surface area (Å²) in [5.74, 6) is -2.53. The average molecular weight is 497 g/mol. The van der Waals surface area contributed by atoms with Gasteiger partial charge in [0, 0.05) is 6.42 Å². The highest BCUT2D eigenvalue weighted by atomic mass is 16.6. The summed E-state index contributed by atoms with van der Waals surface area (Å²) < 4.78 is 5.61. The first-order chi connectivity index (χ1) is 17.6. The third-order valence-corrected chi connectivity index (χ3v) is 6.85. The molecule has 0 spiro atoms. The van der Waals surface area contributed by atoms with Crippen molar-refractivity contribution in [2.75, 3.05) is 9.80 Å². The maximum atomic E-state index is 14.5. The van der Waals surface area contributed by atoms with E-state index in [2.05, 4.69) is 0 Å². The van der Waals surface area contributed by atoms with E-state index in [-0.39, 0.29) is 6.42 Å². The van der Waals surface area contributed by atoms with Gasteiger partial charge in [0.25, 0.3) is 5.91 Å². The van der Waals surface area contributed by atoms with Crippen LogP contribution in [0.3, 0.4) is 0 Å². The lowest BCUT2D eigenvalue weighted by Gasteiger charge is -2.34. The Hall–Kier alpha value is -4.26. The summed E-state index contributed by atoms with van der Waals surface area (Å²) in [5, 5.41) is 0. The molecular weight excluding hydrogens is 468 g/mol. The van der Waals surface area contributed by atoms with Crippen molar-refractivity contribution in [3.05, 3.63) is 95.6 Å². The van der Waals surface area contributed by atoms with Crippen molar-refractivity contribution < 1.29 is 23.9 Å². The molecule has 1 saturated heterocycles. The van der Waals surface area contributed by atoms with Gasteiger partial charge in [0.2, 0.25) is 11.8 Å². The van der Waals surface area contributed by atoms with Crippen LogP contribution in [-0.4, -0.2) is 29.4 Å². The lowest BCUT2D eigenvalue weighted by molar-refractivity contribution is -0.130. The number of amides is 4. The van der Waals surface area contributed by atoms with Crippen molar-refractivity contribution >= 4 is 35.2 Å². The highest BCUT2D eigenvalue weighted by Crippen LogP contribution is 2.54. The van der Waals surface area contributed by atoms with E-state index < -0.39 is 40.7 Å². The van der Waals surface area contributed by atoms with Gasteiger partial charge in [-0.25, -0.2) is 9.69 Å². The van der Waals surface area contributed by atoms with Gasteiger partial charge in [-0.1, -0.05) is 66.2 Å². The second-order valence-electron chi connectivity index (χ2n) is 10.5. The normalized spacial score (nSPS) is 21.4. The molecule has 3 aromatic carbocycles. The largest absolute Gasteiger partial charge is 0.443 e. The zero-order valence-electron chi connectivity index (χ0n) is 21.2. The molecule has 3 aromatic rings. The first-order valence-electron chi connectivity index (χ1n) is 12.2. The molecule has 4 amide bonds. The van der Waals surface area contributed by atoms with Crippen molar-refractivity contribution in [1.29, 1.82) is 0 Å². The van der Waals surface area contributed by atoms with Gasteiger partial charge in [0.05, 0.1) is 17.3 Å². The summed E-state index contributed by atoms with van der Waals surface area (Å²) in [4.78, 5) is 57.5. The quantitative estimate of drug-likeness (QED) is 0.469. The standard InChI is InChI=1S/C30H28N2O5/c1-19-15-16-24-22(17-19)30(20-11-7-5-8-12-20,27(35)32(24)28(36)37-29(2,3)4)23-18-25(33)31(26(23)34)21-13-9-6-10-14-21/h5-17,23H,18H2,1-4H3/t23-,30?/m1/s1. The Balaban J connectivity index is 1.75. The number of rotatable bonds is 3. The molecule has 188 valence electrons. The predicted octanol–water partition coefficient (Wildman–Crippen LogP) is 5.14. The molecule has 37 heavy (non-hydrogen) atoms. The van der Waals surface area contributed by atoms with Gasteiger partial charge >= 0.3 is 6.09 Å². The summed E-state index contributed by atoms with van der Waals surface area (Å²) in [6, 6.07) is 22.9. The van der Waals surface area contributed by atoms with Crippen LogP contribution < -0.4 is 9.80 Å². The highest BCUT2D eigenvalue weighted by Gasteiger charge is 2.64. The molecule has 0 N–H and O–H groups in total. The molecule has 0 aliphatic carbocycles. The Morgan fingerprint density at radius 1 is 0.919 bits per heavy atom. The number of carbonyl (C=O) groups excluding carboxylic acids is 4. The number of carbonyl (C=O) groups is 4. The third kappa shape index (κ3) is 3.82. The number of imide groups is 2. The lowest BCUT2D eigenvalue weighted by atomic mass is 9.65. The number of hydrogen-bond acceptors (Lipinski definition) is 5. The summed E-state index contributed by atoms with van der Waals surface area (Å²) in [7, 11) is 0. The van der Waals surface area contributed by atoms with Crippen molar-refractivity contribution in [2.24, 2.45) is 5.92 Å². The molecule has 2 aliphatic heterocycles. The molecule has 2 aliphatic rings. The van der Waals surface area contributed by atoms with Crippen molar-refractivity contribution in [3.63, 3.8) is 0 Å². The summed E-state index contributed by atoms with van der Waals surface area (Å²) in [6.07, 6.45) is -0.999. The number of para-hydroxylation sites is 1. The van der Waals surface area contributed by atoms with E-state index in [1.807, 2.05) is 25.1 Å². The Bertz CT molecular complexity index is 1410. The molecule has 2 atom stereocenters. The van der Waals surface area contributed by atoms with E-state index in [1.54, 1.807) is 81.4 Å². The molecule has 1 fully saturated rings. The molecule has 7 nitrogen and oxygen atoms in total. The Morgan fingerprint density at radius 2 is 1.54 bits per heavy atom. The Labute approximate surface area is 215 Å². The third-order valence-electron chi connectivity index (χ3n) is 6.85. The molecule has 0 aromatic heterocycles. The van der Waals surface area contributed by atoms with E-state index in [0.717, 1.165) is 15.4 Å². The minimum absolute atomic E-state index is 0.177. The van der Waals surface area contributed by atoms with Crippen molar-refractivity contribution in [1.82, 2.24) is 0 Å². The van der Waals surface area contributed by atoms with Gasteiger partial charge in [-0.2, -0.15) is 0 Å². The zero-order chi connectivity index (χ0) is 26.5. The molecule has 0 radical (unpaired) electrons. The topological polar surface area (TPSA) is 84.0 Å². The molecular formula is C30H28N2O5. The zero-order valence-corrected chi connectivity index (χ0v) is 21.2. The number of benzene rings is 3. The fourth-order valence-corrected chi connectivity index (χ4v) is 5.39. The molecule has 0 saturated carbocycles. The van der Waals surface area contributed by atoms with Gasteiger partial charge in [-0.3, -0.25) is 19.3 Å². The van der Waals surface area contributed by atoms with Crippen LogP contribution in [-0.2, 0) is 24.5 Å². The van der Waals surface area contributed by atoms with E-state index in [9.17, 15) is 19.2 Å². The first kappa shape index (κ1) is 24.4. The SMILES string of the molecule is Cc1ccc2c(c1)C(c1ccccc1)([C@@H]1CC(=O)N(c3ccccc3)C1=O)C(=O)N2C(=O)OC(C)(C)C. The van der Waals surface area contributed by atoms with Gasteiger partial charge < -0.3 is 4.74 Å². The van der Waals surface area contributed by atoms with Crippen LogP contribution in [0.1, 0.15) is 43.9 Å². The summed E-state index contributed by atoms with van der Waals surface area (Å²) in [5.41, 5.74) is 0.276. The van der Waals surface area contributed by atoms with Crippen LogP contribution >= 0.6 is 0 Å².